The molecule has 0 bridgehead atoms. The number of fused-ring (bicyclic) bond motifs is 2. The van der Waals surface area contributed by atoms with Gasteiger partial charge in [0.15, 0.2) is 11.5 Å². The Morgan fingerprint density at radius 3 is 2.75 bits per heavy atom. The van der Waals surface area contributed by atoms with Gasteiger partial charge in [-0.3, -0.25) is 4.40 Å². The van der Waals surface area contributed by atoms with Gasteiger partial charge in [0, 0.05) is 11.3 Å². The van der Waals surface area contributed by atoms with Gasteiger partial charge in [-0.15, -0.1) is 0 Å². The van der Waals surface area contributed by atoms with Crippen LogP contribution in [0.2, 0.25) is 0 Å². The number of hydrogen-bond acceptors (Lipinski definition) is 4. The highest BCUT2D eigenvalue weighted by molar-refractivity contribution is 5.71. The number of hydrogen-bond donors (Lipinski definition) is 0. The lowest BCUT2D eigenvalue weighted by Crippen LogP contribution is -2.15. The lowest BCUT2D eigenvalue weighted by Gasteiger charge is -2.19. The predicted octanol–water partition coefficient (Wildman–Crippen LogP) is 3.71. The number of imidazole rings is 1. The van der Waals surface area contributed by atoms with Crippen molar-refractivity contribution >= 4 is 5.65 Å². The third kappa shape index (κ3) is 2.19. The van der Waals surface area contributed by atoms with Gasteiger partial charge in [-0.25, -0.2) is 4.98 Å². The molecule has 0 radical (unpaired) electrons. The third-order valence-corrected chi connectivity index (χ3v) is 4.29. The SMILES string of the molecule is Cc1cccc2nc(-c3ccc4c(c3)OCCO4)c(C(C)C#N)n12. The van der Waals surface area contributed by atoms with Gasteiger partial charge < -0.3 is 9.47 Å². The number of benzene rings is 1. The standard InChI is InChI=1S/C19H17N3O2/c1-12(11-20)19-18(21-17-5-3-4-13(2)22(17)19)14-6-7-15-16(10-14)24-9-8-23-15/h3-7,10,12H,8-9H2,1-2H3. The van der Waals surface area contributed by atoms with Crippen LogP contribution >= 0.6 is 0 Å². The van der Waals surface area contributed by atoms with E-state index in [2.05, 4.69) is 10.5 Å². The van der Waals surface area contributed by atoms with E-state index in [-0.39, 0.29) is 5.92 Å². The first-order chi connectivity index (χ1) is 11.7. The predicted molar refractivity (Wildman–Crippen MR) is 90.4 cm³/mol. The van der Waals surface area contributed by atoms with Crippen LogP contribution in [0.25, 0.3) is 16.9 Å². The Morgan fingerprint density at radius 2 is 1.96 bits per heavy atom. The summed E-state index contributed by atoms with van der Waals surface area (Å²) in [6.45, 7) is 5.03. The van der Waals surface area contributed by atoms with Crippen LogP contribution in [0, 0.1) is 18.3 Å². The van der Waals surface area contributed by atoms with E-state index in [1.54, 1.807) is 0 Å². The molecule has 3 aromatic rings. The molecule has 0 N–H and O–H groups in total. The van der Waals surface area contributed by atoms with Crippen molar-refractivity contribution in [1.29, 1.82) is 5.26 Å². The van der Waals surface area contributed by atoms with Crippen molar-refractivity contribution in [3.05, 3.63) is 47.8 Å². The number of ether oxygens (including phenoxy) is 2. The van der Waals surface area contributed by atoms with Crippen molar-refractivity contribution < 1.29 is 9.47 Å². The number of aromatic nitrogens is 2. The Bertz CT molecular complexity index is 969. The molecule has 1 atom stereocenters. The molecule has 0 spiro atoms. The summed E-state index contributed by atoms with van der Waals surface area (Å²) >= 11 is 0. The van der Waals surface area contributed by atoms with Gasteiger partial charge in [0.2, 0.25) is 0 Å². The van der Waals surface area contributed by atoms with Crippen molar-refractivity contribution in [2.45, 2.75) is 19.8 Å². The second kappa shape index (κ2) is 5.57. The minimum atomic E-state index is -0.274. The monoisotopic (exact) mass is 319 g/mol. The molecule has 3 heterocycles. The molecule has 5 nitrogen and oxygen atoms in total. The number of nitriles is 1. The summed E-state index contributed by atoms with van der Waals surface area (Å²) < 4.78 is 13.3. The molecule has 1 aliphatic rings. The molecule has 5 heteroatoms. The van der Waals surface area contributed by atoms with Gasteiger partial charge in [-0.1, -0.05) is 6.07 Å². The Labute approximate surface area is 140 Å². The minimum Gasteiger partial charge on any atom is -0.486 e. The molecule has 0 aliphatic carbocycles. The largest absolute Gasteiger partial charge is 0.486 e. The minimum absolute atomic E-state index is 0.274. The van der Waals surface area contributed by atoms with Gasteiger partial charge in [-0.05, 0) is 44.2 Å². The van der Waals surface area contributed by atoms with Gasteiger partial charge in [0.1, 0.15) is 18.9 Å². The van der Waals surface area contributed by atoms with Gasteiger partial charge >= 0.3 is 0 Å². The quantitative estimate of drug-likeness (QED) is 0.722. The van der Waals surface area contributed by atoms with E-state index >= 15 is 0 Å². The Balaban J connectivity index is 1.97. The first-order valence-corrected chi connectivity index (χ1v) is 7.96. The molecule has 0 saturated heterocycles. The zero-order chi connectivity index (χ0) is 16.7. The van der Waals surface area contributed by atoms with Crippen LogP contribution in [0.3, 0.4) is 0 Å². The van der Waals surface area contributed by atoms with Crippen molar-refractivity contribution in [2.75, 3.05) is 13.2 Å². The molecule has 1 aromatic carbocycles. The first-order valence-electron chi connectivity index (χ1n) is 7.96. The Kier molecular flexibility index (Phi) is 3.39. The molecule has 24 heavy (non-hydrogen) atoms. The van der Waals surface area contributed by atoms with Crippen LogP contribution in [0.15, 0.2) is 36.4 Å². The van der Waals surface area contributed by atoms with Crippen LogP contribution in [-0.4, -0.2) is 22.6 Å². The molecular formula is C19H17N3O2. The molecule has 0 amide bonds. The second-order valence-electron chi connectivity index (χ2n) is 5.92. The highest BCUT2D eigenvalue weighted by Crippen LogP contribution is 2.37. The highest BCUT2D eigenvalue weighted by atomic mass is 16.6. The lowest BCUT2D eigenvalue weighted by atomic mass is 10.0. The van der Waals surface area contributed by atoms with Crippen LogP contribution < -0.4 is 9.47 Å². The van der Waals surface area contributed by atoms with E-state index in [4.69, 9.17) is 14.5 Å². The van der Waals surface area contributed by atoms with E-state index in [0.29, 0.717) is 13.2 Å². The molecule has 120 valence electrons. The maximum absolute atomic E-state index is 9.48. The zero-order valence-corrected chi connectivity index (χ0v) is 13.6. The molecule has 0 fully saturated rings. The number of pyridine rings is 1. The summed E-state index contributed by atoms with van der Waals surface area (Å²) in [4.78, 5) is 4.78. The molecule has 0 saturated carbocycles. The average molecular weight is 319 g/mol. The van der Waals surface area contributed by atoms with Gasteiger partial charge in [-0.2, -0.15) is 5.26 Å². The molecular weight excluding hydrogens is 302 g/mol. The van der Waals surface area contributed by atoms with Crippen LogP contribution in [0.4, 0.5) is 0 Å². The summed E-state index contributed by atoms with van der Waals surface area (Å²) in [5, 5.41) is 9.48. The van der Waals surface area contributed by atoms with Crippen molar-refractivity contribution in [3.63, 3.8) is 0 Å². The number of nitrogens with zero attached hydrogens (tertiary/aromatic N) is 3. The fraction of sp³-hybridized carbons (Fsp3) is 0.263. The maximum atomic E-state index is 9.48. The second-order valence-corrected chi connectivity index (χ2v) is 5.92. The highest BCUT2D eigenvalue weighted by Gasteiger charge is 2.22. The van der Waals surface area contributed by atoms with E-state index in [0.717, 1.165) is 39.8 Å². The molecule has 1 unspecified atom stereocenters. The smallest absolute Gasteiger partial charge is 0.162 e. The van der Waals surface area contributed by atoms with E-state index in [1.807, 2.05) is 50.2 Å². The maximum Gasteiger partial charge on any atom is 0.162 e. The van der Waals surface area contributed by atoms with E-state index in [9.17, 15) is 5.26 Å². The summed E-state index contributed by atoms with van der Waals surface area (Å²) in [7, 11) is 0. The van der Waals surface area contributed by atoms with Crippen molar-refractivity contribution in [1.82, 2.24) is 9.38 Å². The van der Waals surface area contributed by atoms with Gasteiger partial charge in [0.05, 0.1) is 23.4 Å². The molecule has 4 rings (SSSR count). The topological polar surface area (TPSA) is 59.5 Å². The summed E-state index contributed by atoms with van der Waals surface area (Å²) in [6.07, 6.45) is 0. The number of aryl methyl sites for hydroxylation is 1. The van der Waals surface area contributed by atoms with Gasteiger partial charge in [0.25, 0.3) is 0 Å². The fourth-order valence-electron chi connectivity index (χ4n) is 3.14. The third-order valence-electron chi connectivity index (χ3n) is 4.29. The van der Waals surface area contributed by atoms with Crippen molar-refractivity contribution in [3.8, 4) is 28.8 Å². The zero-order valence-electron chi connectivity index (χ0n) is 13.6. The Hall–Kier alpha value is -3.00. The van der Waals surface area contributed by atoms with Crippen molar-refractivity contribution in [2.24, 2.45) is 0 Å². The summed E-state index contributed by atoms with van der Waals surface area (Å²) in [5.41, 5.74) is 4.55. The van der Waals surface area contributed by atoms with Crippen LogP contribution in [0.5, 0.6) is 11.5 Å². The van der Waals surface area contributed by atoms with Crippen LogP contribution in [0.1, 0.15) is 24.2 Å². The number of rotatable bonds is 2. The van der Waals surface area contributed by atoms with E-state index in [1.165, 1.54) is 0 Å². The van der Waals surface area contributed by atoms with E-state index < -0.39 is 0 Å². The molecule has 2 aromatic heterocycles. The lowest BCUT2D eigenvalue weighted by molar-refractivity contribution is 0.171. The van der Waals surface area contributed by atoms with Crippen LogP contribution in [-0.2, 0) is 0 Å². The average Bonchev–Trinajstić information content (AvgIpc) is 3.01. The normalized spacial score (nSPS) is 14.4. The Morgan fingerprint density at radius 1 is 1.17 bits per heavy atom. The summed E-state index contributed by atoms with van der Waals surface area (Å²) in [5.74, 6) is 1.20. The molecule has 1 aliphatic heterocycles. The summed E-state index contributed by atoms with van der Waals surface area (Å²) in [6, 6.07) is 14.1. The first kappa shape index (κ1) is 14.6. The fourth-order valence-corrected chi connectivity index (χ4v) is 3.14.